The Bertz CT molecular complexity index is 1650. The molecule has 41 heavy (non-hydrogen) atoms. The van der Waals surface area contributed by atoms with E-state index < -0.39 is 5.97 Å². The molecule has 0 amide bonds. The normalized spacial score (nSPS) is 20.5. The van der Waals surface area contributed by atoms with E-state index >= 15 is 0 Å². The molecule has 5 heterocycles. The van der Waals surface area contributed by atoms with E-state index in [1.807, 2.05) is 24.3 Å². The van der Waals surface area contributed by atoms with Crippen molar-refractivity contribution >= 4 is 34.2 Å². The number of fused-ring (bicyclic) bond motifs is 2. The summed E-state index contributed by atoms with van der Waals surface area (Å²) in [5, 5.41) is 10.1. The zero-order chi connectivity index (χ0) is 27.9. The molecule has 3 aliphatic rings. The number of ether oxygens (including phenoxy) is 3. The number of imidazole rings is 1. The lowest BCUT2D eigenvalue weighted by Gasteiger charge is -2.31. The van der Waals surface area contributed by atoms with Crippen LogP contribution >= 0.6 is 11.6 Å². The summed E-state index contributed by atoms with van der Waals surface area (Å²) in [6, 6.07) is 14.8. The van der Waals surface area contributed by atoms with Gasteiger partial charge in [0, 0.05) is 31.5 Å². The number of pyridine rings is 1. The molecule has 1 N–H and O–H groups in total. The second-order valence-electron chi connectivity index (χ2n) is 10.6. The van der Waals surface area contributed by atoms with E-state index in [1.54, 1.807) is 24.4 Å². The van der Waals surface area contributed by atoms with Gasteiger partial charge in [-0.2, -0.15) is 0 Å². The standard InChI is InChI=1S/C31H29ClN4O5/c32-21-5-7-25(33-15-21)28-18-40-27-3-1-2-23(30(27)41-28)19-8-11-35(12-9-19)17-29-34-24-6-4-20(31(37)38)14-26(24)36(29)16-22-10-13-39-22/h1-8,14-15,22,28H,9-13,16-18H2,(H,37,38)/t22-,28?/m0/s1. The van der Waals surface area contributed by atoms with Crippen LogP contribution in [-0.2, 0) is 17.8 Å². The number of aromatic nitrogens is 3. The molecule has 9 nitrogen and oxygen atoms in total. The van der Waals surface area contributed by atoms with Gasteiger partial charge < -0.3 is 23.9 Å². The third-order valence-electron chi connectivity index (χ3n) is 7.97. The molecule has 0 saturated carbocycles. The minimum Gasteiger partial charge on any atom is -0.485 e. The largest absolute Gasteiger partial charge is 0.485 e. The van der Waals surface area contributed by atoms with Gasteiger partial charge in [-0.05, 0) is 54.8 Å². The highest BCUT2D eigenvalue weighted by Crippen LogP contribution is 2.43. The first-order valence-electron chi connectivity index (χ1n) is 13.8. The number of hydrogen-bond acceptors (Lipinski definition) is 7. The summed E-state index contributed by atoms with van der Waals surface area (Å²) >= 11 is 6.02. The van der Waals surface area contributed by atoms with Gasteiger partial charge in [0.15, 0.2) is 17.6 Å². The number of para-hydroxylation sites is 1. The molecule has 1 fully saturated rings. The highest BCUT2D eigenvalue weighted by Gasteiger charge is 2.28. The van der Waals surface area contributed by atoms with Crippen LogP contribution in [0.3, 0.4) is 0 Å². The first-order valence-corrected chi connectivity index (χ1v) is 14.2. The minimum atomic E-state index is -0.942. The fraction of sp³-hybridized carbons (Fsp3) is 0.323. The molecule has 2 aromatic carbocycles. The van der Waals surface area contributed by atoms with Gasteiger partial charge in [0.25, 0.3) is 0 Å². The lowest BCUT2D eigenvalue weighted by molar-refractivity contribution is -0.0591. The number of carbonyl (C=O) groups is 1. The van der Waals surface area contributed by atoms with Crippen LogP contribution in [0.15, 0.2) is 60.8 Å². The summed E-state index contributed by atoms with van der Waals surface area (Å²) in [6.45, 7) is 4.08. The van der Waals surface area contributed by atoms with E-state index in [-0.39, 0.29) is 17.8 Å². The number of benzene rings is 2. The van der Waals surface area contributed by atoms with Crippen molar-refractivity contribution in [1.29, 1.82) is 0 Å². The smallest absolute Gasteiger partial charge is 0.335 e. The van der Waals surface area contributed by atoms with Gasteiger partial charge in [-0.1, -0.05) is 29.8 Å². The summed E-state index contributed by atoms with van der Waals surface area (Å²) in [7, 11) is 0. The Kier molecular flexibility index (Phi) is 6.86. The molecule has 2 aromatic heterocycles. The van der Waals surface area contributed by atoms with Crippen LogP contribution in [0.4, 0.5) is 0 Å². The summed E-state index contributed by atoms with van der Waals surface area (Å²) in [5.41, 5.74) is 4.93. The number of nitrogens with zero attached hydrogens (tertiary/aromatic N) is 4. The quantitative estimate of drug-likeness (QED) is 0.315. The van der Waals surface area contributed by atoms with E-state index in [4.69, 9.17) is 30.8 Å². The fourth-order valence-electron chi connectivity index (χ4n) is 5.63. The van der Waals surface area contributed by atoms with Crippen LogP contribution in [0.5, 0.6) is 11.5 Å². The number of halogens is 1. The van der Waals surface area contributed by atoms with Crippen LogP contribution in [0.2, 0.25) is 5.02 Å². The number of rotatable bonds is 7. The second kappa shape index (κ2) is 10.8. The maximum atomic E-state index is 11.6. The molecule has 7 rings (SSSR count). The predicted molar refractivity (Wildman–Crippen MR) is 153 cm³/mol. The molecule has 1 unspecified atom stereocenters. The van der Waals surface area contributed by atoms with Gasteiger partial charge >= 0.3 is 5.97 Å². The van der Waals surface area contributed by atoms with Crippen molar-refractivity contribution in [3.05, 3.63) is 88.5 Å². The molecule has 0 spiro atoms. The van der Waals surface area contributed by atoms with Crippen LogP contribution in [-0.4, -0.2) is 62.9 Å². The van der Waals surface area contributed by atoms with Crippen LogP contribution < -0.4 is 9.47 Å². The van der Waals surface area contributed by atoms with E-state index in [0.29, 0.717) is 24.7 Å². The van der Waals surface area contributed by atoms with E-state index in [2.05, 4.69) is 26.6 Å². The number of aromatic carboxylic acids is 1. The molecule has 4 aromatic rings. The molecule has 2 atom stereocenters. The van der Waals surface area contributed by atoms with Gasteiger partial charge in [-0.25, -0.2) is 9.78 Å². The fourth-order valence-corrected chi connectivity index (χ4v) is 5.74. The molecular formula is C31H29ClN4O5. The molecule has 1 saturated heterocycles. The number of carboxylic acid groups (broad SMARTS) is 1. The summed E-state index contributed by atoms with van der Waals surface area (Å²) in [5.74, 6) is 1.46. The average Bonchev–Trinajstić information content (AvgIpc) is 3.31. The lowest BCUT2D eigenvalue weighted by atomic mass is 9.97. The zero-order valence-corrected chi connectivity index (χ0v) is 23.1. The molecule has 0 aliphatic carbocycles. The van der Waals surface area contributed by atoms with Crippen molar-refractivity contribution in [3.8, 4) is 11.5 Å². The van der Waals surface area contributed by atoms with Crippen molar-refractivity contribution in [3.63, 3.8) is 0 Å². The van der Waals surface area contributed by atoms with Crippen molar-refractivity contribution in [1.82, 2.24) is 19.4 Å². The summed E-state index contributed by atoms with van der Waals surface area (Å²) in [6.07, 6.45) is 5.53. The monoisotopic (exact) mass is 572 g/mol. The maximum Gasteiger partial charge on any atom is 0.335 e. The molecule has 10 heteroatoms. The Labute approximate surface area is 241 Å². The van der Waals surface area contributed by atoms with Crippen LogP contribution in [0.1, 0.15) is 46.4 Å². The van der Waals surface area contributed by atoms with Crippen molar-refractivity contribution in [2.24, 2.45) is 0 Å². The zero-order valence-electron chi connectivity index (χ0n) is 22.3. The molecule has 0 bridgehead atoms. The third kappa shape index (κ3) is 5.16. The number of hydrogen-bond donors (Lipinski definition) is 1. The Balaban J connectivity index is 1.11. The first-order chi connectivity index (χ1) is 20.0. The SMILES string of the molecule is O=C(O)c1ccc2nc(CN3CC=C(c4cccc5c4OC(c4ccc(Cl)cn4)CO5)CC3)n(C[C@@H]3CCO3)c2c1. The van der Waals surface area contributed by atoms with Gasteiger partial charge in [0.1, 0.15) is 12.4 Å². The topological polar surface area (TPSA) is 98.9 Å². The van der Waals surface area contributed by atoms with Crippen LogP contribution in [0.25, 0.3) is 16.6 Å². The third-order valence-corrected chi connectivity index (χ3v) is 8.19. The maximum absolute atomic E-state index is 11.6. The van der Waals surface area contributed by atoms with Gasteiger partial charge in [-0.3, -0.25) is 9.88 Å². The average molecular weight is 573 g/mol. The van der Waals surface area contributed by atoms with Crippen molar-refractivity contribution in [2.75, 3.05) is 26.3 Å². The first kappa shape index (κ1) is 26.0. The van der Waals surface area contributed by atoms with Gasteiger partial charge in [-0.15, -0.1) is 0 Å². The van der Waals surface area contributed by atoms with E-state index in [9.17, 15) is 9.90 Å². The molecule has 3 aliphatic heterocycles. The summed E-state index contributed by atoms with van der Waals surface area (Å²) in [4.78, 5) is 23.3. The molecule has 0 radical (unpaired) electrons. The van der Waals surface area contributed by atoms with Gasteiger partial charge in [0.05, 0.1) is 46.5 Å². The highest BCUT2D eigenvalue weighted by atomic mass is 35.5. The lowest BCUT2D eigenvalue weighted by Crippen LogP contribution is -2.33. The van der Waals surface area contributed by atoms with Crippen LogP contribution in [0, 0.1) is 0 Å². The van der Waals surface area contributed by atoms with E-state index in [1.165, 1.54) is 5.57 Å². The van der Waals surface area contributed by atoms with Crippen molar-refractivity contribution < 1.29 is 24.1 Å². The highest BCUT2D eigenvalue weighted by molar-refractivity contribution is 6.30. The molecular weight excluding hydrogens is 544 g/mol. The van der Waals surface area contributed by atoms with E-state index in [0.717, 1.165) is 72.2 Å². The predicted octanol–water partition coefficient (Wildman–Crippen LogP) is 5.37. The second-order valence-corrected chi connectivity index (χ2v) is 11.0. The summed E-state index contributed by atoms with van der Waals surface area (Å²) < 4.78 is 20.3. The Morgan fingerprint density at radius 2 is 2.07 bits per heavy atom. The Hall–Kier alpha value is -3.92. The Morgan fingerprint density at radius 1 is 1.17 bits per heavy atom. The molecule has 210 valence electrons. The number of carboxylic acids is 1. The van der Waals surface area contributed by atoms with Crippen molar-refractivity contribution in [2.45, 2.75) is 38.1 Å². The Morgan fingerprint density at radius 3 is 2.80 bits per heavy atom. The minimum absolute atomic E-state index is 0.130. The van der Waals surface area contributed by atoms with Gasteiger partial charge in [0.2, 0.25) is 0 Å².